The molecule has 0 atom stereocenters. The van der Waals surface area contributed by atoms with Crippen molar-refractivity contribution >= 4 is 23.2 Å². The van der Waals surface area contributed by atoms with E-state index < -0.39 is 5.57 Å². The number of isothiocyanates is 1. The second-order valence-electron chi connectivity index (χ2n) is 5.66. The third kappa shape index (κ3) is 12.8. The van der Waals surface area contributed by atoms with Gasteiger partial charge in [0.25, 0.3) is 0 Å². The molecule has 173 valence electrons. The Labute approximate surface area is 219 Å². The van der Waals surface area contributed by atoms with Gasteiger partial charge in [-0.1, -0.05) is 36.5 Å². The minimum atomic E-state index is -0.403. The third-order valence-electron chi connectivity index (χ3n) is 3.52. The van der Waals surface area contributed by atoms with Crippen LogP contribution in [0.25, 0.3) is 33.6 Å². The predicted molar refractivity (Wildman–Crippen MR) is 134 cm³/mol. The molecule has 0 aliphatic rings. The van der Waals surface area contributed by atoms with E-state index in [2.05, 4.69) is 32.2 Å². The second-order valence-corrected chi connectivity index (χ2v) is 5.84. The van der Waals surface area contributed by atoms with Gasteiger partial charge in [0.2, 0.25) is 0 Å². The van der Waals surface area contributed by atoms with Crippen LogP contribution in [0.1, 0.15) is 0 Å². The number of nitriles is 2. The van der Waals surface area contributed by atoms with Crippen LogP contribution in [0.5, 0.6) is 0 Å². The summed E-state index contributed by atoms with van der Waals surface area (Å²) in [6, 6.07) is 26.0. The molecule has 8 nitrogen and oxygen atoms in total. The summed E-state index contributed by atoms with van der Waals surface area (Å²) in [7, 11) is 0. The molecule has 0 saturated heterocycles. The maximum atomic E-state index is 7.79. The third-order valence-corrected chi connectivity index (χ3v) is 3.52. The Hall–Kier alpha value is -4.65. The van der Waals surface area contributed by atoms with Gasteiger partial charge in [0.15, 0.2) is 0 Å². The summed E-state index contributed by atoms with van der Waals surface area (Å²) in [5.74, 6) is 1.40. The first-order chi connectivity index (χ1) is 16.7. The van der Waals surface area contributed by atoms with E-state index in [1.54, 1.807) is 24.8 Å². The van der Waals surface area contributed by atoms with Gasteiger partial charge in [0, 0.05) is 24.8 Å². The molecule has 4 rings (SSSR count). The van der Waals surface area contributed by atoms with E-state index in [0.29, 0.717) is 0 Å². The number of hydrogen-bond donors (Lipinski definition) is 0. The standard InChI is InChI=1S/2C10H8N2.C4N3.CNS.Cu/c2*1-3-7-11-9(5-1)10-6-2-4-8-12-10;5-1-4(2-6)3-7;2-1-3;/h2*1-8H;;;/q;;2*-1;+2. The zero-order valence-corrected chi connectivity index (χ0v) is 19.8. The molecule has 35 heavy (non-hydrogen) atoms. The largest absolute Gasteiger partial charge is 2.00 e. The Morgan fingerprint density at radius 3 is 0.971 bits per heavy atom. The first kappa shape index (κ1) is 30.3. The van der Waals surface area contributed by atoms with Gasteiger partial charge in [-0.25, -0.2) is 5.87 Å². The van der Waals surface area contributed by atoms with Crippen molar-refractivity contribution in [1.82, 2.24) is 19.9 Å². The molecule has 0 unspecified atom stereocenters. The minimum Gasteiger partial charge on any atom is -0.762 e. The summed E-state index contributed by atoms with van der Waals surface area (Å²) in [4.78, 5) is 16.7. The molecule has 0 saturated carbocycles. The van der Waals surface area contributed by atoms with Gasteiger partial charge < -0.3 is 10.8 Å². The van der Waals surface area contributed by atoms with Gasteiger partial charge in [-0.2, -0.15) is 15.7 Å². The van der Waals surface area contributed by atoms with Crippen molar-refractivity contribution in [3.8, 4) is 34.9 Å². The Morgan fingerprint density at radius 2 is 0.857 bits per heavy atom. The minimum absolute atomic E-state index is 0. The van der Waals surface area contributed by atoms with Gasteiger partial charge in [-0.15, -0.1) is 0 Å². The average Bonchev–Trinajstić information content (AvgIpc) is 2.93. The zero-order chi connectivity index (χ0) is 24.9. The van der Waals surface area contributed by atoms with Gasteiger partial charge in [0.1, 0.15) is 17.7 Å². The maximum absolute atomic E-state index is 7.79. The summed E-state index contributed by atoms with van der Waals surface area (Å²) in [5.41, 5.74) is 3.26. The predicted octanol–water partition coefficient (Wildman–Crippen LogP) is 5.14. The van der Waals surface area contributed by atoms with Crippen LogP contribution in [0, 0.1) is 22.7 Å². The molecule has 0 aliphatic carbocycles. The molecule has 0 fully saturated rings. The Morgan fingerprint density at radius 1 is 0.600 bits per heavy atom. The van der Waals surface area contributed by atoms with E-state index in [-0.39, 0.29) is 17.1 Å². The van der Waals surface area contributed by atoms with Crippen molar-refractivity contribution in [3.05, 3.63) is 114 Å². The van der Waals surface area contributed by atoms with Gasteiger partial charge >= 0.3 is 17.1 Å². The molecule has 10 heteroatoms. The molecule has 4 aromatic rings. The molecule has 0 aliphatic heterocycles. The molecule has 0 amide bonds. The average molecular weight is 524 g/mol. The molecule has 0 aromatic carbocycles. The fourth-order valence-electron chi connectivity index (χ4n) is 2.13. The Kier molecular flexibility index (Phi) is 17.3. The molecular formula is C25H16CuN8S. The number of thiocarbonyl (C=S) groups is 1. The van der Waals surface area contributed by atoms with Crippen LogP contribution in [0.4, 0.5) is 0 Å². The van der Waals surface area contributed by atoms with E-state index in [0.717, 1.165) is 22.8 Å². The number of hydrogen-bond acceptors (Lipinski definition) is 7. The molecule has 4 heterocycles. The molecule has 0 spiro atoms. The van der Waals surface area contributed by atoms with Gasteiger partial charge in [0.05, 0.1) is 22.8 Å². The van der Waals surface area contributed by atoms with Crippen LogP contribution in [-0.4, -0.2) is 31.0 Å². The van der Waals surface area contributed by atoms with Crippen LogP contribution in [0.15, 0.2) is 103 Å². The first-order valence-corrected chi connectivity index (χ1v) is 9.84. The van der Waals surface area contributed by atoms with E-state index >= 15 is 0 Å². The van der Waals surface area contributed by atoms with E-state index in [1.807, 2.05) is 72.8 Å². The summed E-state index contributed by atoms with van der Waals surface area (Å²) >= 11 is 3.70. The molecule has 0 bridgehead atoms. The zero-order valence-electron chi connectivity index (χ0n) is 18.0. The van der Waals surface area contributed by atoms with E-state index in [1.165, 1.54) is 23.2 Å². The first-order valence-electron chi connectivity index (χ1n) is 9.43. The fraction of sp³-hybridized carbons (Fsp3) is 0. The number of aromatic nitrogens is 4. The van der Waals surface area contributed by atoms with Crippen LogP contribution < -0.4 is 0 Å². The molecule has 1 radical (unpaired) electrons. The molecule has 0 N–H and O–H groups in total. The quantitative estimate of drug-likeness (QED) is 0.153. The van der Waals surface area contributed by atoms with Crippen molar-refractivity contribution < 1.29 is 17.1 Å². The summed E-state index contributed by atoms with van der Waals surface area (Å²) in [6.07, 6.45) is 7.07. The van der Waals surface area contributed by atoms with Gasteiger partial charge in [-0.3, -0.25) is 19.9 Å². The normalized spacial score (nSPS) is 7.83. The van der Waals surface area contributed by atoms with Crippen molar-refractivity contribution in [3.63, 3.8) is 0 Å². The monoisotopic (exact) mass is 523 g/mol. The van der Waals surface area contributed by atoms with Crippen LogP contribution in [0.2, 0.25) is 0 Å². The van der Waals surface area contributed by atoms with Crippen molar-refractivity contribution in [2.75, 3.05) is 0 Å². The summed E-state index contributed by atoms with van der Waals surface area (Å²) in [6.45, 7) is 0. The van der Waals surface area contributed by atoms with Crippen LogP contribution >= 0.6 is 12.2 Å². The van der Waals surface area contributed by atoms with E-state index in [4.69, 9.17) is 21.3 Å². The van der Waals surface area contributed by atoms with Crippen molar-refractivity contribution in [2.45, 2.75) is 0 Å². The van der Waals surface area contributed by atoms with Crippen LogP contribution in [0.3, 0.4) is 0 Å². The summed E-state index contributed by atoms with van der Waals surface area (Å²) < 4.78 is 0. The number of nitrogens with zero attached hydrogens (tertiary/aromatic N) is 8. The van der Waals surface area contributed by atoms with Gasteiger partial charge in [-0.05, 0) is 48.5 Å². The topological polar surface area (TPSA) is 144 Å². The van der Waals surface area contributed by atoms with E-state index in [9.17, 15) is 0 Å². The number of allylic oxidation sites excluding steroid dienone is 1. The SMILES string of the molecule is N#CC(=C=[N-])C#N.[Cu+2].[N-]=C=S.c1ccc(-c2ccccn2)nc1.c1ccc(-c2ccccn2)nc1. The van der Waals surface area contributed by atoms with Crippen LogP contribution in [-0.2, 0) is 17.1 Å². The summed E-state index contributed by atoms with van der Waals surface area (Å²) in [5, 5.41) is 31.8. The van der Waals surface area contributed by atoms with Crippen molar-refractivity contribution in [1.29, 1.82) is 10.5 Å². The number of pyridine rings is 4. The molecular weight excluding hydrogens is 508 g/mol. The second kappa shape index (κ2) is 20.0. The Balaban J connectivity index is 0.000000478. The number of rotatable bonds is 2. The fourth-order valence-corrected chi connectivity index (χ4v) is 2.13. The Bertz CT molecular complexity index is 1110. The molecule has 4 aromatic heterocycles. The smallest absolute Gasteiger partial charge is 0.762 e. The van der Waals surface area contributed by atoms with Crippen molar-refractivity contribution in [2.24, 2.45) is 0 Å². The maximum Gasteiger partial charge on any atom is 2.00 e.